The van der Waals surface area contributed by atoms with Crippen LogP contribution in [0.25, 0.3) is 94.1 Å². The molecule has 7 nitrogen and oxygen atoms in total. The number of para-hydroxylation sites is 4. The van der Waals surface area contributed by atoms with Gasteiger partial charge in [-0.3, -0.25) is 13.9 Å². The zero-order valence-electron chi connectivity index (χ0n) is 27.1. The molecule has 0 unspecified atom stereocenters. The second kappa shape index (κ2) is 10.4. The quantitative estimate of drug-likeness (QED) is 0.178. The van der Waals surface area contributed by atoms with E-state index in [-0.39, 0.29) is 5.56 Å². The number of fused-ring (bicyclic) bond motifs is 11. The molecule has 7 heteroatoms. The lowest BCUT2D eigenvalue weighted by atomic mass is 10.0. The summed E-state index contributed by atoms with van der Waals surface area (Å²) in [5.74, 6) is 1.11. The molecule has 0 atom stereocenters. The molecule has 238 valence electrons. The number of rotatable bonds is 3. The van der Waals surface area contributed by atoms with Gasteiger partial charge >= 0.3 is 0 Å². The fourth-order valence-corrected chi connectivity index (χ4v) is 7.85. The van der Waals surface area contributed by atoms with E-state index in [1.807, 2.05) is 78.9 Å². The molecule has 0 aliphatic rings. The summed E-state index contributed by atoms with van der Waals surface area (Å²) in [5.41, 5.74) is 7.61. The van der Waals surface area contributed by atoms with Crippen LogP contribution in [0.5, 0.6) is 0 Å². The van der Waals surface area contributed by atoms with Crippen LogP contribution in [0, 0.1) is 0 Å². The topological polar surface area (TPSA) is 70.0 Å². The molecule has 0 radical (unpaired) electrons. The first-order chi connectivity index (χ1) is 25.2. The van der Waals surface area contributed by atoms with Gasteiger partial charge in [0.15, 0.2) is 0 Å². The minimum absolute atomic E-state index is 0.121. The fraction of sp³-hybridized carbons (Fsp3) is 0. The summed E-state index contributed by atoms with van der Waals surface area (Å²) in [5, 5.41) is 5.55. The zero-order chi connectivity index (χ0) is 33.6. The predicted molar refractivity (Wildman–Crippen MR) is 206 cm³/mol. The van der Waals surface area contributed by atoms with Gasteiger partial charge in [0, 0.05) is 32.8 Å². The Labute approximate surface area is 289 Å². The zero-order valence-corrected chi connectivity index (χ0v) is 27.1. The van der Waals surface area contributed by atoms with Crippen molar-refractivity contribution in [2.45, 2.75) is 0 Å². The lowest BCUT2D eigenvalue weighted by Crippen LogP contribution is -2.18. The number of imidazole rings is 1. The molecule has 0 aliphatic heterocycles. The summed E-state index contributed by atoms with van der Waals surface area (Å²) < 4.78 is 5.96. The second-order valence-electron chi connectivity index (χ2n) is 12.8. The van der Waals surface area contributed by atoms with Crippen molar-refractivity contribution in [1.29, 1.82) is 0 Å². The Morgan fingerprint density at radius 3 is 1.94 bits per heavy atom. The summed E-state index contributed by atoms with van der Waals surface area (Å²) in [7, 11) is 0. The molecule has 0 bridgehead atoms. The number of hydrogen-bond donors (Lipinski definition) is 0. The van der Waals surface area contributed by atoms with Crippen molar-refractivity contribution in [1.82, 2.24) is 28.5 Å². The van der Waals surface area contributed by atoms with Crippen molar-refractivity contribution in [3.8, 4) is 22.9 Å². The first kappa shape index (κ1) is 27.8. The molecule has 0 aliphatic carbocycles. The molecule has 0 fully saturated rings. The minimum atomic E-state index is -0.121. The molecule has 0 amide bonds. The number of aromatic nitrogens is 6. The molecule has 0 N–H and O–H groups in total. The number of benzene rings is 7. The molecule has 11 rings (SSSR count). The third-order valence-corrected chi connectivity index (χ3v) is 10.1. The van der Waals surface area contributed by atoms with Crippen molar-refractivity contribution in [2.75, 3.05) is 0 Å². The Bertz CT molecular complexity index is 3270. The van der Waals surface area contributed by atoms with E-state index >= 15 is 0 Å². The summed E-state index contributed by atoms with van der Waals surface area (Å²) in [6, 6.07) is 53.1. The van der Waals surface area contributed by atoms with Gasteiger partial charge in [-0.2, -0.15) is 0 Å². The molecule has 51 heavy (non-hydrogen) atoms. The molecule has 4 aromatic heterocycles. The first-order valence-electron chi connectivity index (χ1n) is 16.9. The van der Waals surface area contributed by atoms with Gasteiger partial charge in [0.25, 0.3) is 5.56 Å². The van der Waals surface area contributed by atoms with E-state index in [1.165, 1.54) is 0 Å². The van der Waals surface area contributed by atoms with Gasteiger partial charge in [-0.05, 0) is 53.9 Å². The van der Waals surface area contributed by atoms with Crippen LogP contribution in [0.3, 0.4) is 0 Å². The van der Waals surface area contributed by atoms with Crippen LogP contribution in [-0.2, 0) is 0 Å². The molecule has 0 saturated carbocycles. The normalized spacial score (nSPS) is 12.0. The van der Waals surface area contributed by atoms with Crippen LogP contribution >= 0.6 is 0 Å². The van der Waals surface area contributed by atoms with Crippen LogP contribution in [-0.4, -0.2) is 28.5 Å². The van der Waals surface area contributed by atoms with Gasteiger partial charge in [-0.1, -0.05) is 109 Å². The van der Waals surface area contributed by atoms with Crippen LogP contribution in [0.2, 0.25) is 0 Å². The molecule has 0 saturated heterocycles. The highest BCUT2D eigenvalue weighted by molar-refractivity contribution is 6.21. The van der Waals surface area contributed by atoms with E-state index in [4.69, 9.17) is 15.0 Å². The van der Waals surface area contributed by atoms with Crippen molar-refractivity contribution in [2.24, 2.45) is 0 Å². The Morgan fingerprint density at radius 1 is 0.451 bits per heavy atom. The van der Waals surface area contributed by atoms with Gasteiger partial charge in [0.2, 0.25) is 11.7 Å². The molecule has 4 heterocycles. The van der Waals surface area contributed by atoms with Crippen molar-refractivity contribution in [3.05, 3.63) is 168 Å². The third-order valence-electron chi connectivity index (χ3n) is 10.1. The van der Waals surface area contributed by atoms with Gasteiger partial charge in [-0.15, -0.1) is 0 Å². The Balaban J connectivity index is 1.33. The second-order valence-corrected chi connectivity index (χ2v) is 12.8. The largest absolute Gasteiger partial charge is 0.279 e. The summed E-state index contributed by atoms with van der Waals surface area (Å²) in [6.07, 6.45) is 0. The Morgan fingerprint density at radius 2 is 1.12 bits per heavy atom. The molecular weight excluding hydrogens is 629 g/mol. The maximum absolute atomic E-state index is 15.0. The maximum Gasteiger partial charge on any atom is 0.268 e. The maximum atomic E-state index is 15.0. The van der Waals surface area contributed by atoms with E-state index < -0.39 is 0 Å². The number of hydrogen-bond acceptors (Lipinski definition) is 4. The number of nitrogens with zero attached hydrogens (tertiary/aromatic N) is 6. The Hall–Kier alpha value is -7.12. The van der Waals surface area contributed by atoms with Gasteiger partial charge in [0.05, 0.1) is 44.2 Å². The minimum Gasteiger partial charge on any atom is -0.279 e. The van der Waals surface area contributed by atoms with E-state index in [0.717, 1.165) is 77.0 Å². The monoisotopic (exact) mass is 654 g/mol. The fourth-order valence-electron chi connectivity index (χ4n) is 7.85. The van der Waals surface area contributed by atoms with E-state index in [9.17, 15) is 4.79 Å². The summed E-state index contributed by atoms with van der Waals surface area (Å²) in [6.45, 7) is 0. The highest BCUT2D eigenvalue weighted by Gasteiger charge is 2.24. The van der Waals surface area contributed by atoms with Crippen molar-refractivity contribution >= 4 is 71.2 Å². The third kappa shape index (κ3) is 3.88. The highest BCUT2D eigenvalue weighted by atomic mass is 16.1. The molecule has 11 aromatic rings. The Kier molecular flexibility index (Phi) is 5.69. The van der Waals surface area contributed by atoms with Crippen LogP contribution in [0.1, 0.15) is 0 Å². The van der Waals surface area contributed by atoms with Crippen LogP contribution in [0.4, 0.5) is 0 Å². The standard InChI is InChI=1S/C44H26N6O/c51-42-39-37(48(29-16-5-2-6-17-29)44-45-33-20-10-12-22-35(33)50(42)44)26-25-36-38(39)31-19-9-11-21-34(31)49(36)43-46-40(28-14-3-1-4-15-28)32-24-23-27-13-7-8-18-30(27)41(32)47-43/h1-26H. The molecule has 0 spiro atoms. The lowest BCUT2D eigenvalue weighted by Gasteiger charge is -2.15. The lowest BCUT2D eigenvalue weighted by molar-refractivity contribution is 1.01. The van der Waals surface area contributed by atoms with Crippen molar-refractivity contribution < 1.29 is 0 Å². The van der Waals surface area contributed by atoms with Gasteiger partial charge in [-0.25, -0.2) is 19.4 Å². The average Bonchev–Trinajstić information content (AvgIpc) is 3.74. The van der Waals surface area contributed by atoms with Gasteiger partial charge < -0.3 is 0 Å². The smallest absolute Gasteiger partial charge is 0.268 e. The van der Waals surface area contributed by atoms with Crippen molar-refractivity contribution in [3.63, 3.8) is 0 Å². The summed E-state index contributed by atoms with van der Waals surface area (Å²) in [4.78, 5) is 30.6. The molecular formula is C44H26N6O. The van der Waals surface area contributed by atoms with Crippen LogP contribution in [0.15, 0.2) is 163 Å². The predicted octanol–water partition coefficient (Wildman–Crippen LogP) is 9.65. The van der Waals surface area contributed by atoms with Gasteiger partial charge in [0.1, 0.15) is 0 Å². The average molecular weight is 655 g/mol. The highest BCUT2D eigenvalue weighted by Crippen LogP contribution is 2.38. The molecule has 7 aromatic carbocycles. The first-order valence-corrected chi connectivity index (χ1v) is 16.9. The van der Waals surface area contributed by atoms with E-state index in [2.05, 4.69) is 88.0 Å². The van der Waals surface area contributed by atoms with E-state index in [1.54, 1.807) is 4.40 Å². The van der Waals surface area contributed by atoms with E-state index in [0.29, 0.717) is 17.1 Å². The van der Waals surface area contributed by atoms with Crippen LogP contribution < -0.4 is 5.56 Å². The SMILES string of the molecule is O=c1c2c3c4ccccc4n(-c4nc(-c5ccccc5)c5ccc6ccccc6c5n4)c3ccc2n(-c2ccccc2)c2nc3ccccc3n12. The summed E-state index contributed by atoms with van der Waals surface area (Å²) >= 11 is 0.